The van der Waals surface area contributed by atoms with Crippen molar-refractivity contribution in [3.63, 3.8) is 0 Å². The Morgan fingerprint density at radius 3 is 2.54 bits per heavy atom. The number of Topliss-reactive ketones (excluding diaryl/α,β-unsaturated/α-hetero) is 1. The fraction of sp³-hybridized carbons (Fsp3) is 0.864. The fourth-order valence-corrected chi connectivity index (χ4v) is 6.07. The van der Waals surface area contributed by atoms with Crippen LogP contribution in [-0.4, -0.2) is 59.7 Å². The lowest BCUT2D eigenvalue weighted by Gasteiger charge is -2.43. The van der Waals surface area contributed by atoms with Gasteiger partial charge in [-0.1, -0.05) is 32.1 Å². The van der Waals surface area contributed by atoms with Crippen molar-refractivity contribution >= 4 is 17.7 Å². The second kappa shape index (κ2) is 8.83. The molecule has 4 rings (SSSR count). The summed E-state index contributed by atoms with van der Waals surface area (Å²) in [4.78, 5) is 41.4. The molecule has 0 aromatic heterocycles. The Morgan fingerprint density at radius 1 is 0.929 bits per heavy atom. The van der Waals surface area contributed by atoms with Crippen molar-refractivity contribution in [1.29, 1.82) is 0 Å². The first-order chi connectivity index (χ1) is 13.6. The van der Waals surface area contributed by atoms with Crippen molar-refractivity contribution < 1.29 is 14.4 Å². The zero-order valence-electron chi connectivity index (χ0n) is 17.0. The molecule has 3 amide bonds. The lowest BCUT2D eigenvalue weighted by Crippen LogP contribution is -2.54. The smallest absolute Gasteiger partial charge is 0.317 e. The van der Waals surface area contributed by atoms with Gasteiger partial charge in [0.05, 0.1) is 0 Å². The maximum Gasteiger partial charge on any atom is 0.317 e. The van der Waals surface area contributed by atoms with Gasteiger partial charge in [0.25, 0.3) is 0 Å². The van der Waals surface area contributed by atoms with Crippen LogP contribution in [0.5, 0.6) is 0 Å². The number of piperidine rings is 2. The highest BCUT2D eigenvalue weighted by atomic mass is 16.2. The van der Waals surface area contributed by atoms with Crippen LogP contribution in [0.25, 0.3) is 0 Å². The number of nitrogens with one attached hydrogen (secondary N) is 1. The van der Waals surface area contributed by atoms with Crippen molar-refractivity contribution in [2.75, 3.05) is 26.2 Å². The van der Waals surface area contributed by atoms with Crippen LogP contribution in [0.4, 0.5) is 4.79 Å². The molecule has 4 atom stereocenters. The molecule has 2 saturated heterocycles. The molecule has 0 spiro atoms. The van der Waals surface area contributed by atoms with E-state index in [-0.39, 0.29) is 23.9 Å². The number of nitrogens with zero attached hydrogens (tertiary/aromatic N) is 2. The molecule has 1 N–H and O–H groups in total. The first-order valence-corrected chi connectivity index (χ1v) is 11.5. The van der Waals surface area contributed by atoms with Crippen molar-refractivity contribution in [2.24, 2.45) is 17.8 Å². The van der Waals surface area contributed by atoms with Gasteiger partial charge in [0.1, 0.15) is 5.78 Å². The predicted octanol–water partition coefficient (Wildman–Crippen LogP) is 2.96. The van der Waals surface area contributed by atoms with Crippen molar-refractivity contribution in [2.45, 2.75) is 76.7 Å². The zero-order chi connectivity index (χ0) is 19.5. The summed E-state index contributed by atoms with van der Waals surface area (Å²) in [6.45, 7) is 2.67. The SMILES string of the molecule is O=C1CCN(C(=O)CCNC(=O)N2CCC3CCCCC3C2)C2CCCCC12. The highest BCUT2D eigenvalue weighted by Gasteiger charge is 2.40. The third-order valence-electron chi connectivity index (χ3n) is 7.66. The molecule has 4 fully saturated rings. The molecule has 2 heterocycles. The van der Waals surface area contributed by atoms with E-state index in [9.17, 15) is 14.4 Å². The lowest BCUT2D eigenvalue weighted by molar-refractivity contribution is -0.143. The molecule has 28 heavy (non-hydrogen) atoms. The molecule has 0 aromatic rings. The summed E-state index contributed by atoms with van der Waals surface area (Å²) in [5, 5.41) is 2.97. The molecule has 0 bridgehead atoms. The van der Waals surface area contributed by atoms with Gasteiger partial charge in [-0.25, -0.2) is 4.79 Å². The van der Waals surface area contributed by atoms with E-state index in [1.165, 1.54) is 25.7 Å². The Balaban J connectivity index is 1.23. The topological polar surface area (TPSA) is 69.7 Å². The Bertz CT molecular complexity index is 608. The Morgan fingerprint density at radius 2 is 1.68 bits per heavy atom. The van der Waals surface area contributed by atoms with E-state index < -0.39 is 0 Å². The van der Waals surface area contributed by atoms with Gasteiger partial charge in [-0.15, -0.1) is 0 Å². The maximum absolute atomic E-state index is 12.8. The molecule has 0 radical (unpaired) electrons. The molecule has 2 aliphatic heterocycles. The van der Waals surface area contributed by atoms with Crippen LogP contribution in [0.2, 0.25) is 0 Å². The standard InChI is InChI=1S/C22H35N3O3/c26-20-11-14-25(19-8-4-3-7-18(19)20)21(27)9-12-23-22(28)24-13-10-16-5-1-2-6-17(16)15-24/h16-19H,1-15H2,(H,23,28). The van der Waals surface area contributed by atoms with E-state index in [2.05, 4.69) is 5.32 Å². The summed E-state index contributed by atoms with van der Waals surface area (Å²) in [5.74, 6) is 1.97. The van der Waals surface area contributed by atoms with Gasteiger partial charge in [0.2, 0.25) is 5.91 Å². The highest BCUT2D eigenvalue weighted by molar-refractivity contribution is 5.86. The van der Waals surface area contributed by atoms with Crippen LogP contribution in [0, 0.1) is 17.8 Å². The lowest BCUT2D eigenvalue weighted by atomic mass is 9.75. The molecule has 2 aliphatic carbocycles. The quantitative estimate of drug-likeness (QED) is 0.807. The van der Waals surface area contributed by atoms with Crippen LogP contribution in [0.3, 0.4) is 0 Å². The van der Waals surface area contributed by atoms with Crippen LogP contribution in [-0.2, 0) is 9.59 Å². The summed E-state index contributed by atoms with van der Waals surface area (Å²) in [6.07, 6.45) is 11.3. The minimum absolute atomic E-state index is 0.0128. The average molecular weight is 390 g/mol. The number of ketones is 1. The van der Waals surface area contributed by atoms with E-state index in [0.29, 0.717) is 37.6 Å². The molecule has 6 nitrogen and oxygen atoms in total. The molecule has 2 saturated carbocycles. The predicted molar refractivity (Wildman–Crippen MR) is 107 cm³/mol. The van der Waals surface area contributed by atoms with Crippen LogP contribution in [0.1, 0.15) is 70.6 Å². The van der Waals surface area contributed by atoms with Crippen LogP contribution >= 0.6 is 0 Å². The average Bonchev–Trinajstić information content (AvgIpc) is 2.73. The van der Waals surface area contributed by atoms with Crippen LogP contribution < -0.4 is 5.32 Å². The molecule has 6 heteroatoms. The molecule has 0 aromatic carbocycles. The maximum atomic E-state index is 12.8. The number of fused-ring (bicyclic) bond motifs is 2. The number of hydrogen-bond donors (Lipinski definition) is 1. The molecule has 4 unspecified atom stereocenters. The summed E-state index contributed by atoms with van der Waals surface area (Å²) in [5.41, 5.74) is 0. The number of carbonyl (C=O) groups is 3. The van der Waals surface area contributed by atoms with Gasteiger partial charge in [-0.05, 0) is 37.5 Å². The number of hydrogen-bond acceptors (Lipinski definition) is 3. The Hall–Kier alpha value is -1.59. The van der Waals surface area contributed by atoms with E-state index in [1.807, 2.05) is 9.80 Å². The molecule has 4 aliphatic rings. The Labute approximate surface area is 168 Å². The van der Waals surface area contributed by atoms with Gasteiger partial charge in [0, 0.05) is 51.0 Å². The first kappa shape index (κ1) is 19.7. The third-order valence-corrected chi connectivity index (χ3v) is 7.66. The molecular formula is C22H35N3O3. The van der Waals surface area contributed by atoms with Gasteiger partial charge < -0.3 is 15.1 Å². The highest BCUT2D eigenvalue weighted by Crippen LogP contribution is 2.36. The number of carbonyl (C=O) groups excluding carboxylic acids is 3. The second-order valence-corrected chi connectivity index (χ2v) is 9.28. The Kier molecular flexibility index (Phi) is 6.22. The van der Waals surface area contributed by atoms with Gasteiger partial charge in [-0.2, -0.15) is 0 Å². The van der Waals surface area contributed by atoms with E-state index >= 15 is 0 Å². The minimum atomic E-state index is -0.0128. The summed E-state index contributed by atoms with van der Waals surface area (Å²) < 4.78 is 0. The number of rotatable bonds is 3. The van der Waals surface area contributed by atoms with Gasteiger partial charge in [0.15, 0.2) is 0 Å². The normalized spacial score (nSPS) is 33.1. The van der Waals surface area contributed by atoms with Gasteiger partial charge >= 0.3 is 6.03 Å². The van der Waals surface area contributed by atoms with E-state index in [1.54, 1.807) is 0 Å². The van der Waals surface area contributed by atoms with Crippen molar-refractivity contribution in [1.82, 2.24) is 15.1 Å². The fourth-order valence-electron chi connectivity index (χ4n) is 6.07. The number of likely N-dealkylation sites (tertiary alicyclic amines) is 2. The van der Waals surface area contributed by atoms with Crippen molar-refractivity contribution in [3.05, 3.63) is 0 Å². The summed E-state index contributed by atoms with van der Waals surface area (Å²) >= 11 is 0. The summed E-state index contributed by atoms with van der Waals surface area (Å²) in [6, 6.07) is 0.0877. The first-order valence-electron chi connectivity index (χ1n) is 11.5. The molecular weight excluding hydrogens is 354 g/mol. The largest absolute Gasteiger partial charge is 0.338 e. The van der Waals surface area contributed by atoms with E-state index in [0.717, 1.165) is 51.1 Å². The second-order valence-electron chi connectivity index (χ2n) is 9.28. The number of urea groups is 1. The summed E-state index contributed by atoms with van der Waals surface area (Å²) in [7, 11) is 0. The van der Waals surface area contributed by atoms with E-state index in [4.69, 9.17) is 0 Å². The monoisotopic (exact) mass is 389 g/mol. The molecule has 156 valence electrons. The third kappa shape index (κ3) is 4.20. The van der Waals surface area contributed by atoms with Gasteiger partial charge in [-0.3, -0.25) is 9.59 Å². The number of amides is 3. The minimum Gasteiger partial charge on any atom is -0.338 e. The van der Waals surface area contributed by atoms with Crippen LogP contribution in [0.15, 0.2) is 0 Å². The zero-order valence-corrected chi connectivity index (χ0v) is 17.0. The van der Waals surface area contributed by atoms with Crippen molar-refractivity contribution in [3.8, 4) is 0 Å².